The monoisotopic (exact) mass is 234 g/mol. The molecule has 0 saturated heterocycles. The highest BCUT2D eigenvalue weighted by Crippen LogP contribution is 2.37. The minimum absolute atomic E-state index is 0.0945. The molecule has 0 aliphatic heterocycles. The van der Waals surface area contributed by atoms with Gasteiger partial charge in [0.25, 0.3) is 0 Å². The van der Waals surface area contributed by atoms with Crippen LogP contribution in [-0.2, 0) is 17.8 Å². The van der Waals surface area contributed by atoms with E-state index in [0.717, 1.165) is 25.2 Å². The lowest BCUT2D eigenvalue weighted by Crippen LogP contribution is -2.32. The molecule has 0 bridgehead atoms. The van der Waals surface area contributed by atoms with Crippen LogP contribution in [0.5, 0.6) is 0 Å². The molecular weight excluding hydrogens is 212 g/mol. The summed E-state index contributed by atoms with van der Waals surface area (Å²) in [6.07, 6.45) is 10.0. The van der Waals surface area contributed by atoms with Crippen LogP contribution in [0.2, 0.25) is 0 Å². The molecule has 1 fully saturated rings. The molecule has 2 rings (SSSR count). The van der Waals surface area contributed by atoms with E-state index in [9.17, 15) is 4.79 Å². The third-order valence-corrected chi connectivity index (χ3v) is 4.09. The summed E-state index contributed by atoms with van der Waals surface area (Å²) in [6.45, 7) is 5.10. The van der Waals surface area contributed by atoms with Gasteiger partial charge in [0.2, 0.25) is 0 Å². The molecule has 1 heterocycles. The van der Waals surface area contributed by atoms with Crippen LogP contribution in [0.15, 0.2) is 12.4 Å². The molecule has 17 heavy (non-hydrogen) atoms. The van der Waals surface area contributed by atoms with Crippen molar-refractivity contribution in [3.05, 3.63) is 18.2 Å². The zero-order chi connectivity index (χ0) is 12.3. The largest absolute Gasteiger partial charge is 0.335 e. The fourth-order valence-electron chi connectivity index (χ4n) is 2.76. The predicted molar refractivity (Wildman–Crippen MR) is 67.8 cm³/mol. The van der Waals surface area contributed by atoms with Crippen molar-refractivity contribution in [3.8, 4) is 0 Å². The third-order valence-electron chi connectivity index (χ3n) is 4.09. The second-order valence-corrected chi connectivity index (χ2v) is 5.35. The average molecular weight is 234 g/mol. The molecule has 3 nitrogen and oxygen atoms in total. The minimum Gasteiger partial charge on any atom is -0.335 e. The van der Waals surface area contributed by atoms with Crippen molar-refractivity contribution in [2.45, 2.75) is 58.9 Å². The van der Waals surface area contributed by atoms with E-state index in [4.69, 9.17) is 0 Å². The number of carbonyl (C=O) groups excluding carboxylic acids is 1. The number of hydrogen-bond acceptors (Lipinski definition) is 2. The lowest BCUT2D eigenvalue weighted by atomic mass is 9.72. The number of aromatic nitrogens is 2. The Hall–Kier alpha value is -1.12. The van der Waals surface area contributed by atoms with E-state index in [1.54, 1.807) is 6.20 Å². The van der Waals surface area contributed by atoms with Crippen LogP contribution in [0.1, 0.15) is 51.8 Å². The van der Waals surface area contributed by atoms with E-state index < -0.39 is 0 Å². The van der Waals surface area contributed by atoms with E-state index in [-0.39, 0.29) is 5.41 Å². The Labute approximate surface area is 103 Å². The number of ketones is 1. The standard InChI is InChI=1S/C14H22N2O/c1-3-16-10-9-15-13(16)11-12(17)14(2)7-5-4-6-8-14/h9-10H,3-8,11H2,1-2H3. The second-order valence-electron chi connectivity index (χ2n) is 5.35. The van der Waals surface area contributed by atoms with Gasteiger partial charge < -0.3 is 4.57 Å². The zero-order valence-corrected chi connectivity index (χ0v) is 10.9. The van der Waals surface area contributed by atoms with Crippen LogP contribution in [0.25, 0.3) is 0 Å². The quantitative estimate of drug-likeness (QED) is 0.802. The van der Waals surface area contributed by atoms with Gasteiger partial charge in [-0.05, 0) is 19.8 Å². The van der Waals surface area contributed by atoms with Crippen molar-refractivity contribution < 1.29 is 4.79 Å². The summed E-state index contributed by atoms with van der Waals surface area (Å²) in [6, 6.07) is 0. The zero-order valence-electron chi connectivity index (χ0n) is 10.9. The topological polar surface area (TPSA) is 34.9 Å². The number of aryl methyl sites for hydroxylation is 1. The molecule has 0 unspecified atom stereocenters. The second kappa shape index (κ2) is 5.03. The van der Waals surface area contributed by atoms with Crippen LogP contribution in [-0.4, -0.2) is 15.3 Å². The van der Waals surface area contributed by atoms with Gasteiger partial charge in [-0.2, -0.15) is 0 Å². The Morgan fingerprint density at radius 3 is 2.76 bits per heavy atom. The van der Waals surface area contributed by atoms with Gasteiger partial charge in [0, 0.05) is 24.4 Å². The normalized spacial score (nSPS) is 19.2. The molecular formula is C14H22N2O. The Morgan fingerprint density at radius 2 is 2.12 bits per heavy atom. The van der Waals surface area contributed by atoms with Crippen LogP contribution < -0.4 is 0 Å². The molecule has 0 radical (unpaired) electrons. The summed E-state index contributed by atoms with van der Waals surface area (Å²) in [4.78, 5) is 16.7. The van der Waals surface area contributed by atoms with Crippen LogP contribution in [0, 0.1) is 5.41 Å². The highest BCUT2D eigenvalue weighted by atomic mass is 16.1. The van der Waals surface area contributed by atoms with E-state index in [1.165, 1.54) is 19.3 Å². The number of imidazole rings is 1. The van der Waals surface area contributed by atoms with Crippen LogP contribution in [0.4, 0.5) is 0 Å². The minimum atomic E-state index is -0.0945. The number of rotatable bonds is 4. The van der Waals surface area contributed by atoms with Crippen LogP contribution in [0.3, 0.4) is 0 Å². The summed E-state index contributed by atoms with van der Waals surface area (Å²) in [5, 5.41) is 0. The van der Waals surface area contributed by atoms with Crippen molar-refractivity contribution in [1.82, 2.24) is 9.55 Å². The van der Waals surface area contributed by atoms with Gasteiger partial charge in [0.15, 0.2) is 0 Å². The third kappa shape index (κ3) is 2.59. The molecule has 1 aromatic heterocycles. The molecule has 3 heteroatoms. The lowest BCUT2D eigenvalue weighted by Gasteiger charge is -2.31. The van der Waals surface area contributed by atoms with Crippen molar-refractivity contribution >= 4 is 5.78 Å². The highest BCUT2D eigenvalue weighted by Gasteiger charge is 2.34. The van der Waals surface area contributed by atoms with Gasteiger partial charge in [-0.3, -0.25) is 4.79 Å². The first-order valence-electron chi connectivity index (χ1n) is 6.69. The summed E-state index contributed by atoms with van der Waals surface area (Å²) in [7, 11) is 0. The Balaban J connectivity index is 2.05. The first kappa shape index (κ1) is 12.3. The Morgan fingerprint density at radius 1 is 1.41 bits per heavy atom. The lowest BCUT2D eigenvalue weighted by molar-refractivity contribution is -0.129. The van der Waals surface area contributed by atoms with Gasteiger partial charge >= 0.3 is 0 Å². The Bertz CT molecular complexity index is 389. The fraction of sp³-hybridized carbons (Fsp3) is 0.714. The predicted octanol–water partition coefficient (Wildman–Crippen LogP) is 2.99. The first-order valence-corrected chi connectivity index (χ1v) is 6.69. The summed E-state index contributed by atoms with van der Waals surface area (Å²) in [5.41, 5.74) is -0.0945. The number of nitrogens with zero attached hydrogens (tertiary/aromatic N) is 2. The smallest absolute Gasteiger partial charge is 0.146 e. The SMILES string of the molecule is CCn1ccnc1CC(=O)C1(C)CCCCC1. The van der Waals surface area contributed by atoms with Crippen LogP contribution >= 0.6 is 0 Å². The molecule has 1 saturated carbocycles. The maximum absolute atomic E-state index is 12.4. The number of carbonyl (C=O) groups is 1. The summed E-state index contributed by atoms with van der Waals surface area (Å²) in [5.74, 6) is 1.29. The number of Topliss-reactive ketones (excluding diaryl/α,β-unsaturated/α-hetero) is 1. The van der Waals surface area contributed by atoms with Crippen molar-refractivity contribution in [3.63, 3.8) is 0 Å². The maximum Gasteiger partial charge on any atom is 0.146 e. The van der Waals surface area contributed by atoms with E-state index >= 15 is 0 Å². The van der Waals surface area contributed by atoms with Gasteiger partial charge in [-0.25, -0.2) is 4.98 Å². The molecule has 1 aliphatic rings. The number of hydrogen-bond donors (Lipinski definition) is 0. The van der Waals surface area contributed by atoms with E-state index in [0.29, 0.717) is 12.2 Å². The molecule has 0 amide bonds. The molecule has 0 aromatic carbocycles. The van der Waals surface area contributed by atoms with Gasteiger partial charge in [0.1, 0.15) is 11.6 Å². The van der Waals surface area contributed by atoms with Crippen molar-refractivity contribution in [2.24, 2.45) is 5.41 Å². The van der Waals surface area contributed by atoms with Gasteiger partial charge in [0.05, 0.1) is 6.42 Å². The highest BCUT2D eigenvalue weighted by molar-refractivity contribution is 5.86. The molecule has 94 valence electrons. The molecule has 1 aromatic rings. The molecule has 0 spiro atoms. The van der Waals surface area contributed by atoms with Crippen molar-refractivity contribution in [1.29, 1.82) is 0 Å². The maximum atomic E-state index is 12.4. The molecule has 0 N–H and O–H groups in total. The van der Waals surface area contributed by atoms with Gasteiger partial charge in [-0.15, -0.1) is 0 Å². The fourth-order valence-corrected chi connectivity index (χ4v) is 2.76. The summed E-state index contributed by atoms with van der Waals surface area (Å²) >= 11 is 0. The molecule has 1 aliphatic carbocycles. The first-order chi connectivity index (χ1) is 8.15. The Kier molecular flexibility index (Phi) is 3.65. The molecule has 0 atom stereocenters. The average Bonchev–Trinajstić information content (AvgIpc) is 2.77. The van der Waals surface area contributed by atoms with E-state index in [1.807, 2.05) is 6.20 Å². The summed E-state index contributed by atoms with van der Waals surface area (Å²) < 4.78 is 2.06. The van der Waals surface area contributed by atoms with E-state index in [2.05, 4.69) is 23.4 Å². The van der Waals surface area contributed by atoms with Gasteiger partial charge in [-0.1, -0.05) is 26.2 Å². The van der Waals surface area contributed by atoms with Crippen molar-refractivity contribution in [2.75, 3.05) is 0 Å².